The van der Waals surface area contributed by atoms with E-state index in [2.05, 4.69) is 18.7 Å². The van der Waals surface area contributed by atoms with Crippen molar-refractivity contribution < 1.29 is 4.74 Å². The molecule has 16 heavy (non-hydrogen) atoms. The fourth-order valence-corrected chi connectivity index (χ4v) is 2.66. The van der Waals surface area contributed by atoms with Crippen molar-refractivity contribution in [3.05, 3.63) is 0 Å². The van der Waals surface area contributed by atoms with Gasteiger partial charge in [-0.05, 0) is 31.7 Å². The number of rotatable bonds is 8. The van der Waals surface area contributed by atoms with Crippen LogP contribution in [0.4, 0.5) is 0 Å². The van der Waals surface area contributed by atoms with Gasteiger partial charge in [0.05, 0.1) is 12.1 Å². The summed E-state index contributed by atoms with van der Waals surface area (Å²) < 4.78 is 5.38. The highest BCUT2D eigenvalue weighted by Crippen LogP contribution is 2.30. The Hall–Kier alpha value is -0.120. The van der Waals surface area contributed by atoms with Crippen LogP contribution in [0.25, 0.3) is 0 Å². The summed E-state index contributed by atoms with van der Waals surface area (Å²) in [5.74, 6) is 0.897. The zero-order valence-electron chi connectivity index (χ0n) is 11.2. The number of nitrogens with zero attached hydrogens (tertiary/aromatic N) is 1. The zero-order valence-corrected chi connectivity index (χ0v) is 11.2. The second kappa shape index (κ2) is 6.58. The minimum atomic E-state index is 0.0547. The Bertz CT molecular complexity index is 188. The van der Waals surface area contributed by atoms with Crippen LogP contribution in [0.2, 0.25) is 0 Å². The second-order valence-electron chi connectivity index (χ2n) is 5.05. The maximum absolute atomic E-state index is 5.99. The molecule has 0 saturated heterocycles. The first-order valence-corrected chi connectivity index (χ1v) is 6.66. The van der Waals surface area contributed by atoms with Crippen molar-refractivity contribution in [2.24, 2.45) is 11.7 Å². The number of nitrogens with two attached hydrogens (primary N) is 1. The molecule has 96 valence electrons. The first-order chi connectivity index (χ1) is 7.72. The lowest BCUT2D eigenvalue weighted by atomic mass is 9.83. The largest absolute Gasteiger partial charge is 0.383 e. The molecule has 1 unspecified atom stereocenters. The molecule has 0 amide bonds. The zero-order chi connectivity index (χ0) is 12.0. The van der Waals surface area contributed by atoms with Crippen LogP contribution in [0.5, 0.6) is 0 Å². The van der Waals surface area contributed by atoms with Crippen molar-refractivity contribution in [1.29, 1.82) is 0 Å². The van der Waals surface area contributed by atoms with Gasteiger partial charge in [-0.2, -0.15) is 0 Å². The van der Waals surface area contributed by atoms with Crippen LogP contribution in [0.1, 0.15) is 39.5 Å². The molecule has 0 spiro atoms. The van der Waals surface area contributed by atoms with Crippen LogP contribution >= 0.6 is 0 Å². The van der Waals surface area contributed by atoms with Crippen molar-refractivity contribution >= 4 is 0 Å². The summed E-state index contributed by atoms with van der Waals surface area (Å²) in [5.41, 5.74) is 6.05. The number of likely N-dealkylation sites (N-methyl/N-ethyl adjacent to an activating group) is 1. The third-order valence-corrected chi connectivity index (χ3v) is 4.21. The summed E-state index contributed by atoms with van der Waals surface area (Å²) in [6.45, 7) is 8.16. The molecule has 3 heteroatoms. The molecule has 0 aromatic heterocycles. The van der Waals surface area contributed by atoms with Gasteiger partial charge < -0.3 is 10.5 Å². The van der Waals surface area contributed by atoms with Crippen LogP contribution in [-0.4, -0.2) is 43.8 Å². The van der Waals surface area contributed by atoms with Crippen molar-refractivity contribution in [3.63, 3.8) is 0 Å². The highest BCUT2D eigenvalue weighted by atomic mass is 16.5. The summed E-state index contributed by atoms with van der Waals surface area (Å²) in [5, 5.41) is 0. The SMILES string of the molecule is CCN(CC1CCC1)C(CC)(CN)COC. The van der Waals surface area contributed by atoms with Crippen LogP contribution in [0.15, 0.2) is 0 Å². The molecule has 0 aliphatic heterocycles. The monoisotopic (exact) mass is 228 g/mol. The molecule has 0 radical (unpaired) electrons. The lowest BCUT2D eigenvalue weighted by molar-refractivity contribution is -0.00164. The minimum Gasteiger partial charge on any atom is -0.383 e. The molecule has 0 bridgehead atoms. The molecule has 0 aromatic rings. The molecule has 2 N–H and O–H groups in total. The van der Waals surface area contributed by atoms with Crippen LogP contribution in [-0.2, 0) is 4.74 Å². The molecule has 3 nitrogen and oxygen atoms in total. The van der Waals surface area contributed by atoms with Gasteiger partial charge in [-0.25, -0.2) is 0 Å². The van der Waals surface area contributed by atoms with Gasteiger partial charge in [0.25, 0.3) is 0 Å². The predicted molar refractivity (Wildman–Crippen MR) is 68.5 cm³/mol. The highest BCUT2D eigenvalue weighted by molar-refractivity contribution is 4.92. The van der Waals surface area contributed by atoms with E-state index < -0.39 is 0 Å². The summed E-state index contributed by atoms with van der Waals surface area (Å²) in [4.78, 5) is 2.54. The van der Waals surface area contributed by atoms with E-state index in [0.717, 1.165) is 25.5 Å². The average molecular weight is 228 g/mol. The summed E-state index contributed by atoms with van der Waals surface area (Å²) in [6.07, 6.45) is 5.27. The van der Waals surface area contributed by atoms with Gasteiger partial charge in [0.15, 0.2) is 0 Å². The summed E-state index contributed by atoms with van der Waals surface area (Å²) >= 11 is 0. The Morgan fingerprint density at radius 2 is 2.06 bits per heavy atom. The molecule has 1 rings (SSSR count). The van der Waals surface area contributed by atoms with Gasteiger partial charge >= 0.3 is 0 Å². The van der Waals surface area contributed by atoms with Gasteiger partial charge in [-0.3, -0.25) is 4.90 Å². The van der Waals surface area contributed by atoms with Gasteiger partial charge in [0.1, 0.15) is 0 Å². The average Bonchev–Trinajstić information content (AvgIpc) is 2.26. The first-order valence-electron chi connectivity index (χ1n) is 6.66. The maximum Gasteiger partial charge on any atom is 0.0658 e. The van der Waals surface area contributed by atoms with Crippen LogP contribution in [0.3, 0.4) is 0 Å². The van der Waals surface area contributed by atoms with Gasteiger partial charge in [0.2, 0.25) is 0 Å². The number of methoxy groups -OCH3 is 1. The third-order valence-electron chi connectivity index (χ3n) is 4.21. The van der Waals surface area contributed by atoms with Gasteiger partial charge in [-0.15, -0.1) is 0 Å². The van der Waals surface area contributed by atoms with Crippen molar-refractivity contribution in [2.75, 3.05) is 33.4 Å². The lowest BCUT2D eigenvalue weighted by Crippen LogP contribution is -2.58. The van der Waals surface area contributed by atoms with Gasteiger partial charge in [0, 0.05) is 20.2 Å². The maximum atomic E-state index is 5.99. The molecule has 0 aromatic carbocycles. The lowest BCUT2D eigenvalue weighted by Gasteiger charge is -2.45. The minimum absolute atomic E-state index is 0.0547. The van der Waals surface area contributed by atoms with Crippen molar-refractivity contribution in [3.8, 4) is 0 Å². The van der Waals surface area contributed by atoms with E-state index in [1.54, 1.807) is 7.11 Å². The van der Waals surface area contributed by atoms with Crippen LogP contribution < -0.4 is 5.73 Å². The molecular weight excluding hydrogens is 200 g/mol. The smallest absolute Gasteiger partial charge is 0.0658 e. The molecule has 1 atom stereocenters. The Morgan fingerprint density at radius 3 is 2.38 bits per heavy atom. The molecule has 0 heterocycles. The Morgan fingerprint density at radius 1 is 1.38 bits per heavy atom. The molecule has 1 aliphatic rings. The number of hydrogen-bond donors (Lipinski definition) is 1. The Labute approximate surface area is 100 Å². The highest BCUT2D eigenvalue weighted by Gasteiger charge is 2.35. The van der Waals surface area contributed by atoms with E-state index in [1.807, 2.05) is 0 Å². The third kappa shape index (κ3) is 2.96. The standard InChI is InChI=1S/C13H28N2O/c1-4-13(10-14,11-16-3)15(5-2)9-12-7-6-8-12/h12H,4-11,14H2,1-3H3. The number of hydrogen-bond acceptors (Lipinski definition) is 3. The normalized spacial score (nSPS) is 20.8. The quantitative estimate of drug-likeness (QED) is 0.689. The van der Waals surface area contributed by atoms with E-state index in [4.69, 9.17) is 10.5 Å². The van der Waals surface area contributed by atoms with E-state index >= 15 is 0 Å². The molecular formula is C13H28N2O. The fourth-order valence-electron chi connectivity index (χ4n) is 2.66. The van der Waals surface area contributed by atoms with Crippen LogP contribution in [0, 0.1) is 5.92 Å². The molecule has 1 saturated carbocycles. The number of ether oxygens (including phenoxy) is 1. The van der Waals surface area contributed by atoms with E-state index in [0.29, 0.717) is 6.54 Å². The predicted octanol–water partition coefficient (Wildman–Crippen LogP) is 1.86. The van der Waals surface area contributed by atoms with E-state index in [1.165, 1.54) is 25.8 Å². The topological polar surface area (TPSA) is 38.5 Å². The van der Waals surface area contributed by atoms with Crippen molar-refractivity contribution in [2.45, 2.75) is 45.1 Å². The summed E-state index contributed by atoms with van der Waals surface area (Å²) in [6, 6.07) is 0. The van der Waals surface area contributed by atoms with Crippen molar-refractivity contribution in [1.82, 2.24) is 4.90 Å². The Kier molecular flexibility index (Phi) is 5.73. The fraction of sp³-hybridized carbons (Fsp3) is 1.00. The summed E-state index contributed by atoms with van der Waals surface area (Å²) in [7, 11) is 1.78. The van der Waals surface area contributed by atoms with Gasteiger partial charge in [-0.1, -0.05) is 20.3 Å². The Balaban J connectivity index is 2.62. The second-order valence-corrected chi connectivity index (χ2v) is 5.05. The van der Waals surface area contributed by atoms with E-state index in [9.17, 15) is 0 Å². The molecule has 1 fully saturated rings. The first kappa shape index (κ1) is 13.9. The molecule has 1 aliphatic carbocycles. The van der Waals surface area contributed by atoms with E-state index in [-0.39, 0.29) is 5.54 Å².